The van der Waals surface area contributed by atoms with Crippen molar-refractivity contribution < 1.29 is 0 Å². The zero-order chi connectivity index (χ0) is 15.7. The molecule has 116 valence electrons. The first-order chi connectivity index (χ1) is 10.0. The molecule has 0 saturated heterocycles. The standard InChI is InChI=1S/C17H28N4/c1-5-10-20-17(3,14-18)13-15(2)21(4)12-9-16-8-6-7-11-19-16/h6-8,11,15,20H,5,9-10,12-13H2,1-4H3. The molecule has 0 aliphatic carbocycles. The molecule has 1 aromatic heterocycles. The van der Waals surface area contributed by atoms with Crippen LogP contribution in [-0.4, -0.2) is 41.6 Å². The highest BCUT2D eigenvalue weighted by molar-refractivity contribution is 5.06. The minimum atomic E-state index is -0.450. The van der Waals surface area contributed by atoms with Gasteiger partial charge in [-0.2, -0.15) is 5.26 Å². The van der Waals surface area contributed by atoms with Gasteiger partial charge in [0.15, 0.2) is 0 Å². The average Bonchev–Trinajstić information content (AvgIpc) is 2.51. The van der Waals surface area contributed by atoms with Crippen molar-refractivity contribution in [1.29, 1.82) is 5.26 Å². The van der Waals surface area contributed by atoms with Gasteiger partial charge in [-0.1, -0.05) is 13.0 Å². The van der Waals surface area contributed by atoms with E-state index in [4.69, 9.17) is 0 Å². The molecule has 0 aromatic carbocycles. The summed E-state index contributed by atoms with van der Waals surface area (Å²) in [6.45, 7) is 8.13. The molecule has 2 atom stereocenters. The second-order valence-electron chi connectivity index (χ2n) is 5.98. The van der Waals surface area contributed by atoms with E-state index in [0.29, 0.717) is 6.04 Å². The minimum Gasteiger partial charge on any atom is -0.303 e. The van der Waals surface area contributed by atoms with Crippen molar-refractivity contribution >= 4 is 0 Å². The fraction of sp³-hybridized carbons (Fsp3) is 0.647. The van der Waals surface area contributed by atoms with Crippen molar-refractivity contribution in [3.8, 4) is 6.07 Å². The normalized spacial score (nSPS) is 15.4. The summed E-state index contributed by atoms with van der Waals surface area (Å²) in [5, 5.41) is 12.8. The van der Waals surface area contributed by atoms with Gasteiger partial charge in [-0.25, -0.2) is 0 Å². The second-order valence-corrected chi connectivity index (χ2v) is 5.98. The monoisotopic (exact) mass is 288 g/mol. The van der Waals surface area contributed by atoms with Gasteiger partial charge < -0.3 is 4.90 Å². The fourth-order valence-corrected chi connectivity index (χ4v) is 2.36. The third-order valence-electron chi connectivity index (χ3n) is 3.91. The molecule has 0 radical (unpaired) electrons. The Hall–Kier alpha value is -1.44. The number of hydrogen-bond donors (Lipinski definition) is 1. The molecular weight excluding hydrogens is 260 g/mol. The first-order valence-corrected chi connectivity index (χ1v) is 7.77. The molecule has 0 fully saturated rings. The van der Waals surface area contributed by atoms with E-state index in [9.17, 15) is 5.26 Å². The van der Waals surface area contributed by atoms with Crippen molar-refractivity contribution in [3.63, 3.8) is 0 Å². The molecule has 4 nitrogen and oxygen atoms in total. The molecule has 21 heavy (non-hydrogen) atoms. The van der Waals surface area contributed by atoms with Crippen LogP contribution in [0.25, 0.3) is 0 Å². The summed E-state index contributed by atoms with van der Waals surface area (Å²) in [4.78, 5) is 6.65. The molecule has 0 aliphatic rings. The van der Waals surface area contributed by atoms with E-state index in [1.165, 1.54) is 0 Å². The Kier molecular flexibility index (Phi) is 7.35. The smallest absolute Gasteiger partial charge is 0.105 e. The number of nitrogens with one attached hydrogen (secondary N) is 1. The highest BCUT2D eigenvalue weighted by atomic mass is 15.1. The van der Waals surface area contributed by atoms with Crippen LogP contribution in [0.3, 0.4) is 0 Å². The summed E-state index contributed by atoms with van der Waals surface area (Å²) in [6, 6.07) is 8.79. The van der Waals surface area contributed by atoms with Crippen LogP contribution in [0.2, 0.25) is 0 Å². The molecular formula is C17H28N4. The zero-order valence-electron chi connectivity index (χ0n) is 13.8. The van der Waals surface area contributed by atoms with Crippen molar-refractivity contribution in [3.05, 3.63) is 30.1 Å². The quantitative estimate of drug-likeness (QED) is 0.759. The molecule has 0 saturated carbocycles. The third kappa shape index (κ3) is 6.24. The Balaban J connectivity index is 2.46. The molecule has 0 bridgehead atoms. The molecule has 2 unspecified atom stereocenters. The molecule has 0 spiro atoms. The van der Waals surface area contributed by atoms with Crippen LogP contribution >= 0.6 is 0 Å². The molecule has 4 heteroatoms. The summed E-state index contributed by atoms with van der Waals surface area (Å²) < 4.78 is 0. The number of likely N-dealkylation sites (N-methyl/N-ethyl adjacent to an activating group) is 1. The molecule has 1 heterocycles. The first kappa shape index (κ1) is 17.6. The average molecular weight is 288 g/mol. The van der Waals surface area contributed by atoms with Crippen LogP contribution in [0, 0.1) is 11.3 Å². The van der Waals surface area contributed by atoms with Gasteiger partial charge in [0, 0.05) is 30.9 Å². The highest BCUT2D eigenvalue weighted by Gasteiger charge is 2.26. The lowest BCUT2D eigenvalue weighted by molar-refractivity contribution is 0.214. The third-order valence-corrected chi connectivity index (χ3v) is 3.91. The van der Waals surface area contributed by atoms with Crippen LogP contribution < -0.4 is 5.32 Å². The molecule has 1 aromatic rings. The fourth-order valence-electron chi connectivity index (χ4n) is 2.36. The number of nitriles is 1. The van der Waals surface area contributed by atoms with Gasteiger partial charge in [-0.05, 0) is 52.4 Å². The molecule has 1 rings (SSSR count). The lowest BCUT2D eigenvalue weighted by Gasteiger charge is -2.31. The predicted molar refractivity (Wildman–Crippen MR) is 87.0 cm³/mol. The van der Waals surface area contributed by atoms with Gasteiger partial charge in [0.05, 0.1) is 6.07 Å². The number of hydrogen-bond acceptors (Lipinski definition) is 4. The zero-order valence-corrected chi connectivity index (χ0v) is 13.8. The molecule has 0 amide bonds. The summed E-state index contributed by atoms with van der Waals surface area (Å²) in [5.74, 6) is 0. The Morgan fingerprint density at radius 2 is 2.24 bits per heavy atom. The first-order valence-electron chi connectivity index (χ1n) is 7.77. The maximum absolute atomic E-state index is 9.41. The van der Waals surface area contributed by atoms with Gasteiger partial charge in [-0.3, -0.25) is 10.3 Å². The van der Waals surface area contributed by atoms with Gasteiger partial charge in [0.25, 0.3) is 0 Å². The van der Waals surface area contributed by atoms with E-state index < -0.39 is 5.54 Å². The lowest BCUT2D eigenvalue weighted by atomic mass is 9.94. The second kappa shape index (κ2) is 8.76. The summed E-state index contributed by atoms with van der Waals surface area (Å²) in [7, 11) is 2.12. The maximum Gasteiger partial charge on any atom is 0.105 e. The van der Waals surface area contributed by atoms with Crippen LogP contribution in [0.5, 0.6) is 0 Å². The summed E-state index contributed by atoms with van der Waals surface area (Å²) in [6.07, 6.45) is 4.64. The lowest BCUT2D eigenvalue weighted by Crippen LogP contribution is -2.47. The van der Waals surface area contributed by atoms with Crippen LogP contribution in [0.15, 0.2) is 24.4 Å². The Morgan fingerprint density at radius 1 is 1.48 bits per heavy atom. The highest BCUT2D eigenvalue weighted by Crippen LogP contribution is 2.15. The Bertz CT molecular complexity index is 440. The van der Waals surface area contributed by atoms with Gasteiger partial charge >= 0.3 is 0 Å². The van der Waals surface area contributed by atoms with E-state index in [2.05, 4.69) is 48.2 Å². The van der Waals surface area contributed by atoms with Gasteiger partial charge in [0.2, 0.25) is 0 Å². The topological polar surface area (TPSA) is 52.0 Å². The minimum absolute atomic E-state index is 0.350. The number of rotatable bonds is 9. The number of nitrogens with zero attached hydrogens (tertiary/aromatic N) is 3. The van der Waals surface area contributed by atoms with Crippen molar-refractivity contribution in [2.45, 2.75) is 51.6 Å². The van der Waals surface area contributed by atoms with E-state index in [0.717, 1.165) is 38.0 Å². The summed E-state index contributed by atoms with van der Waals surface area (Å²) in [5.41, 5.74) is 0.665. The molecule has 0 aliphatic heterocycles. The van der Waals surface area contributed by atoms with E-state index >= 15 is 0 Å². The largest absolute Gasteiger partial charge is 0.303 e. The summed E-state index contributed by atoms with van der Waals surface area (Å²) >= 11 is 0. The van der Waals surface area contributed by atoms with Gasteiger partial charge in [-0.15, -0.1) is 0 Å². The Labute approximate surface area is 129 Å². The molecule has 1 N–H and O–H groups in total. The van der Waals surface area contributed by atoms with Crippen molar-refractivity contribution in [1.82, 2.24) is 15.2 Å². The van der Waals surface area contributed by atoms with Crippen LogP contribution in [-0.2, 0) is 6.42 Å². The van der Waals surface area contributed by atoms with Crippen LogP contribution in [0.1, 0.15) is 39.3 Å². The Morgan fingerprint density at radius 3 is 2.81 bits per heavy atom. The maximum atomic E-state index is 9.41. The van der Waals surface area contributed by atoms with Crippen molar-refractivity contribution in [2.75, 3.05) is 20.1 Å². The van der Waals surface area contributed by atoms with E-state index in [-0.39, 0.29) is 0 Å². The predicted octanol–water partition coefficient (Wildman–Crippen LogP) is 2.62. The number of aromatic nitrogens is 1. The van der Waals surface area contributed by atoms with Crippen molar-refractivity contribution in [2.24, 2.45) is 0 Å². The SMILES string of the molecule is CCCNC(C)(C#N)CC(C)N(C)CCc1ccccn1. The van der Waals surface area contributed by atoms with Crippen LogP contribution in [0.4, 0.5) is 0 Å². The van der Waals surface area contributed by atoms with E-state index in [1.54, 1.807) is 0 Å². The number of pyridine rings is 1. The van der Waals surface area contributed by atoms with E-state index in [1.807, 2.05) is 25.3 Å². The van der Waals surface area contributed by atoms with Gasteiger partial charge in [0.1, 0.15) is 5.54 Å².